The van der Waals surface area contributed by atoms with E-state index in [2.05, 4.69) is 29.1 Å². The van der Waals surface area contributed by atoms with E-state index in [1.807, 2.05) is 18.2 Å². The summed E-state index contributed by atoms with van der Waals surface area (Å²) in [7, 11) is 3.19. The maximum atomic E-state index is 12.8. The maximum Gasteiger partial charge on any atom is 0.274 e. The maximum absolute atomic E-state index is 12.8. The van der Waals surface area contributed by atoms with Crippen LogP contribution in [-0.4, -0.2) is 60.5 Å². The van der Waals surface area contributed by atoms with Gasteiger partial charge in [0, 0.05) is 38.4 Å². The predicted octanol–water partition coefficient (Wildman–Crippen LogP) is 2.73. The van der Waals surface area contributed by atoms with Gasteiger partial charge < -0.3 is 19.7 Å². The van der Waals surface area contributed by atoms with Crippen molar-refractivity contribution in [2.75, 3.05) is 33.9 Å². The molecule has 1 aromatic heterocycles. The van der Waals surface area contributed by atoms with E-state index in [1.165, 1.54) is 18.6 Å². The Labute approximate surface area is 184 Å². The van der Waals surface area contributed by atoms with Crippen molar-refractivity contribution in [3.63, 3.8) is 0 Å². The van der Waals surface area contributed by atoms with Crippen molar-refractivity contribution < 1.29 is 19.1 Å². The van der Waals surface area contributed by atoms with Gasteiger partial charge in [0.1, 0.15) is 5.69 Å². The number of benzene rings is 1. The summed E-state index contributed by atoms with van der Waals surface area (Å²) in [5.74, 6) is 1.49. The zero-order chi connectivity index (χ0) is 22.6. The van der Waals surface area contributed by atoms with Crippen LogP contribution in [0.3, 0.4) is 0 Å². The van der Waals surface area contributed by atoms with Crippen molar-refractivity contribution in [3.8, 4) is 11.5 Å². The van der Waals surface area contributed by atoms with Gasteiger partial charge in [-0.25, -0.2) is 4.98 Å². The summed E-state index contributed by atoms with van der Waals surface area (Å²) in [4.78, 5) is 34.8. The number of nitrogens with zero attached hydrogens (tertiary/aromatic N) is 3. The third kappa shape index (κ3) is 7.88. The minimum absolute atomic E-state index is 0.0954. The van der Waals surface area contributed by atoms with E-state index in [-0.39, 0.29) is 18.2 Å². The number of hydrogen-bond acceptors (Lipinski definition) is 6. The monoisotopic (exact) mass is 428 g/mol. The lowest BCUT2D eigenvalue weighted by molar-refractivity contribution is -0.121. The number of nitrogens with one attached hydrogen (secondary N) is 1. The Morgan fingerprint density at radius 2 is 1.87 bits per heavy atom. The molecule has 0 saturated carbocycles. The number of carbonyl (C=O) groups excluding carboxylic acids is 2. The van der Waals surface area contributed by atoms with Crippen LogP contribution in [0.25, 0.3) is 0 Å². The van der Waals surface area contributed by atoms with Crippen LogP contribution < -0.4 is 14.8 Å². The standard InChI is InChI=1S/C23H32N4O4/c1-17(2)8-13-27(23(29)19-16-24-11-12-25-19)14-9-22(28)26-10-7-18-5-6-20(30-3)21(15-18)31-4/h5-6,11-12,15-17H,7-10,13-14H2,1-4H3,(H,26,28). The zero-order valence-electron chi connectivity index (χ0n) is 18.8. The smallest absolute Gasteiger partial charge is 0.274 e. The van der Waals surface area contributed by atoms with Gasteiger partial charge in [0.05, 0.1) is 20.4 Å². The number of hydrogen-bond donors (Lipinski definition) is 1. The van der Waals surface area contributed by atoms with Gasteiger partial charge in [-0.3, -0.25) is 14.6 Å². The van der Waals surface area contributed by atoms with Crippen molar-refractivity contribution in [3.05, 3.63) is 48.0 Å². The second-order valence-corrected chi connectivity index (χ2v) is 7.60. The molecule has 8 nitrogen and oxygen atoms in total. The summed E-state index contributed by atoms with van der Waals surface area (Å²) in [6.07, 6.45) is 6.23. The molecule has 8 heteroatoms. The van der Waals surface area contributed by atoms with Crippen molar-refractivity contribution >= 4 is 11.8 Å². The van der Waals surface area contributed by atoms with Gasteiger partial charge in [0.25, 0.3) is 5.91 Å². The summed E-state index contributed by atoms with van der Waals surface area (Å²) >= 11 is 0. The molecular weight excluding hydrogens is 396 g/mol. The number of aromatic nitrogens is 2. The molecule has 168 valence electrons. The minimum atomic E-state index is -0.202. The van der Waals surface area contributed by atoms with Gasteiger partial charge in [-0.15, -0.1) is 0 Å². The molecular formula is C23H32N4O4. The van der Waals surface area contributed by atoms with E-state index in [0.717, 1.165) is 12.0 Å². The molecule has 0 saturated heterocycles. The van der Waals surface area contributed by atoms with Crippen LogP contribution in [0.2, 0.25) is 0 Å². The lowest BCUT2D eigenvalue weighted by Gasteiger charge is -2.23. The van der Waals surface area contributed by atoms with E-state index in [0.29, 0.717) is 49.2 Å². The Morgan fingerprint density at radius 1 is 1.10 bits per heavy atom. The van der Waals surface area contributed by atoms with E-state index in [4.69, 9.17) is 9.47 Å². The van der Waals surface area contributed by atoms with Crippen molar-refractivity contribution in [1.29, 1.82) is 0 Å². The molecule has 0 aliphatic rings. The molecule has 2 amide bonds. The second kappa shape index (κ2) is 12.5. The topological polar surface area (TPSA) is 93.7 Å². The molecule has 0 radical (unpaired) electrons. The van der Waals surface area contributed by atoms with Gasteiger partial charge in [-0.2, -0.15) is 0 Å². The molecule has 0 bridgehead atoms. The Morgan fingerprint density at radius 3 is 2.52 bits per heavy atom. The third-order valence-corrected chi connectivity index (χ3v) is 4.84. The molecule has 2 rings (SSSR count). The summed E-state index contributed by atoms with van der Waals surface area (Å²) in [5.41, 5.74) is 1.33. The summed E-state index contributed by atoms with van der Waals surface area (Å²) in [6.45, 7) is 5.62. The fraction of sp³-hybridized carbons (Fsp3) is 0.478. The lowest BCUT2D eigenvalue weighted by atomic mass is 10.1. The summed E-state index contributed by atoms with van der Waals surface area (Å²) < 4.78 is 10.5. The average Bonchev–Trinajstić information content (AvgIpc) is 2.79. The van der Waals surface area contributed by atoms with Gasteiger partial charge in [0.2, 0.25) is 5.91 Å². The normalized spacial score (nSPS) is 10.6. The molecule has 31 heavy (non-hydrogen) atoms. The first-order chi connectivity index (χ1) is 14.9. The Kier molecular flexibility index (Phi) is 9.74. The van der Waals surface area contributed by atoms with E-state index >= 15 is 0 Å². The van der Waals surface area contributed by atoms with Crippen molar-refractivity contribution in [1.82, 2.24) is 20.2 Å². The first kappa shape index (κ1) is 24.1. The van der Waals surface area contributed by atoms with Crippen molar-refractivity contribution in [2.24, 2.45) is 5.92 Å². The van der Waals surface area contributed by atoms with Gasteiger partial charge in [-0.1, -0.05) is 19.9 Å². The van der Waals surface area contributed by atoms with E-state index in [1.54, 1.807) is 19.1 Å². The second-order valence-electron chi connectivity index (χ2n) is 7.60. The highest BCUT2D eigenvalue weighted by molar-refractivity contribution is 5.92. The number of carbonyl (C=O) groups is 2. The molecule has 1 N–H and O–H groups in total. The van der Waals surface area contributed by atoms with Gasteiger partial charge in [-0.05, 0) is 36.5 Å². The van der Waals surface area contributed by atoms with Crippen LogP contribution in [0.1, 0.15) is 42.7 Å². The zero-order valence-corrected chi connectivity index (χ0v) is 18.8. The first-order valence-electron chi connectivity index (χ1n) is 10.5. The molecule has 0 aliphatic carbocycles. The predicted molar refractivity (Wildman–Crippen MR) is 118 cm³/mol. The van der Waals surface area contributed by atoms with Crippen LogP contribution in [0.4, 0.5) is 0 Å². The molecule has 1 aromatic carbocycles. The van der Waals surface area contributed by atoms with Crippen LogP contribution in [0.5, 0.6) is 11.5 Å². The third-order valence-electron chi connectivity index (χ3n) is 4.84. The van der Waals surface area contributed by atoms with Crippen molar-refractivity contribution in [2.45, 2.75) is 33.1 Å². The Balaban J connectivity index is 1.85. The average molecular weight is 429 g/mol. The number of ether oxygens (including phenoxy) is 2. The van der Waals surface area contributed by atoms with E-state index < -0.39 is 0 Å². The summed E-state index contributed by atoms with van der Waals surface area (Å²) in [6, 6.07) is 5.69. The summed E-state index contributed by atoms with van der Waals surface area (Å²) in [5, 5.41) is 2.92. The number of rotatable bonds is 12. The first-order valence-corrected chi connectivity index (χ1v) is 10.5. The molecule has 0 fully saturated rings. The lowest BCUT2D eigenvalue weighted by Crippen LogP contribution is -2.37. The van der Waals surface area contributed by atoms with E-state index in [9.17, 15) is 9.59 Å². The molecule has 0 atom stereocenters. The van der Waals surface area contributed by atoms with Gasteiger partial charge >= 0.3 is 0 Å². The van der Waals surface area contributed by atoms with Crippen LogP contribution in [-0.2, 0) is 11.2 Å². The highest BCUT2D eigenvalue weighted by Crippen LogP contribution is 2.27. The fourth-order valence-corrected chi connectivity index (χ4v) is 3.01. The molecule has 0 aliphatic heterocycles. The quantitative estimate of drug-likeness (QED) is 0.559. The van der Waals surface area contributed by atoms with Crippen LogP contribution in [0, 0.1) is 5.92 Å². The molecule has 0 unspecified atom stereocenters. The highest BCUT2D eigenvalue weighted by atomic mass is 16.5. The SMILES string of the molecule is COc1ccc(CCNC(=O)CCN(CCC(C)C)C(=O)c2cnccn2)cc1OC. The largest absolute Gasteiger partial charge is 0.493 e. The van der Waals surface area contributed by atoms with Crippen LogP contribution in [0.15, 0.2) is 36.8 Å². The number of methoxy groups -OCH3 is 2. The van der Waals surface area contributed by atoms with Crippen LogP contribution >= 0.6 is 0 Å². The minimum Gasteiger partial charge on any atom is -0.493 e. The Bertz CT molecular complexity index is 843. The Hall–Kier alpha value is -3.16. The molecule has 1 heterocycles. The molecule has 2 aromatic rings. The molecule has 0 spiro atoms. The highest BCUT2D eigenvalue weighted by Gasteiger charge is 2.18. The fourth-order valence-electron chi connectivity index (χ4n) is 3.01. The number of amides is 2. The van der Waals surface area contributed by atoms with Gasteiger partial charge in [0.15, 0.2) is 11.5 Å².